The number of aliphatic imine (C=N–C) groups is 1. The van der Waals surface area contributed by atoms with Crippen LogP contribution in [0.1, 0.15) is 22.3 Å². The molecule has 0 amide bonds. The lowest BCUT2D eigenvalue weighted by molar-refractivity contribution is 0.306. The van der Waals surface area contributed by atoms with E-state index in [1.165, 1.54) is 5.56 Å². The van der Waals surface area contributed by atoms with Crippen molar-refractivity contribution in [1.29, 1.82) is 0 Å². The van der Waals surface area contributed by atoms with Crippen LogP contribution in [0.25, 0.3) is 0 Å². The van der Waals surface area contributed by atoms with Gasteiger partial charge in [-0.15, -0.1) is 0 Å². The number of rotatable bonds is 5. The molecule has 126 valence electrons. The molecule has 3 aromatic rings. The van der Waals surface area contributed by atoms with Crippen molar-refractivity contribution in [1.82, 2.24) is 0 Å². The number of nitrogens with zero attached hydrogens (tertiary/aromatic N) is 1. The third-order valence-corrected chi connectivity index (χ3v) is 4.41. The van der Waals surface area contributed by atoms with Crippen LogP contribution in [0.15, 0.2) is 71.7 Å². The van der Waals surface area contributed by atoms with Crippen molar-refractivity contribution in [3.8, 4) is 5.75 Å². The van der Waals surface area contributed by atoms with E-state index in [2.05, 4.69) is 36.2 Å². The van der Waals surface area contributed by atoms with Crippen molar-refractivity contribution in [3.05, 3.63) is 94.0 Å². The van der Waals surface area contributed by atoms with Crippen molar-refractivity contribution in [2.45, 2.75) is 20.5 Å². The maximum absolute atomic E-state index is 6.12. The molecule has 3 heteroatoms. The molecule has 3 rings (SSSR count). The molecule has 0 spiro atoms. The van der Waals surface area contributed by atoms with Crippen LogP contribution in [-0.2, 0) is 6.61 Å². The Labute approximate surface area is 153 Å². The molecular formula is C22H20ClNO. The summed E-state index contributed by atoms with van der Waals surface area (Å²) in [6.07, 6.45) is 1.84. The van der Waals surface area contributed by atoms with Gasteiger partial charge in [0.2, 0.25) is 0 Å². The molecule has 0 radical (unpaired) electrons. The zero-order valence-corrected chi connectivity index (χ0v) is 15.1. The van der Waals surface area contributed by atoms with E-state index in [1.54, 1.807) is 0 Å². The average Bonchev–Trinajstić information content (AvgIpc) is 2.63. The van der Waals surface area contributed by atoms with E-state index in [9.17, 15) is 0 Å². The monoisotopic (exact) mass is 349 g/mol. The summed E-state index contributed by atoms with van der Waals surface area (Å²) < 4.78 is 5.82. The second kappa shape index (κ2) is 8.00. The zero-order valence-electron chi connectivity index (χ0n) is 14.4. The fraction of sp³-hybridized carbons (Fsp3) is 0.136. The van der Waals surface area contributed by atoms with Gasteiger partial charge in [0.25, 0.3) is 0 Å². The van der Waals surface area contributed by atoms with Crippen molar-refractivity contribution in [3.63, 3.8) is 0 Å². The van der Waals surface area contributed by atoms with Crippen LogP contribution >= 0.6 is 11.6 Å². The van der Waals surface area contributed by atoms with Gasteiger partial charge < -0.3 is 4.74 Å². The number of aryl methyl sites for hydroxylation is 1. The highest BCUT2D eigenvalue weighted by Gasteiger charge is 2.00. The minimum absolute atomic E-state index is 0.565. The molecule has 0 aromatic heterocycles. The van der Waals surface area contributed by atoms with Crippen LogP contribution in [0.2, 0.25) is 5.02 Å². The van der Waals surface area contributed by atoms with E-state index in [1.807, 2.05) is 55.6 Å². The lowest BCUT2D eigenvalue weighted by Gasteiger charge is -2.07. The Kier molecular flexibility index (Phi) is 5.52. The Morgan fingerprint density at radius 3 is 2.36 bits per heavy atom. The lowest BCUT2D eigenvalue weighted by atomic mass is 10.2. The molecule has 25 heavy (non-hydrogen) atoms. The van der Waals surface area contributed by atoms with Crippen LogP contribution in [0.5, 0.6) is 5.75 Å². The Hall–Kier alpha value is -2.58. The molecule has 0 saturated heterocycles. The third-order valence-electron chi connectivity index (χ3n) is 4.00. The van der Waals surface area contributed by atoms with Gasteiger partial charge in [0.05, 0.1) is 5.69 Å². The summed E-state index contributed by atoms with van der Waals surface area (Å²) in [6.45, 7) is 4.61. The molecule has 0 fully saturated rings. The van der Waals surface area contributed by atoms with Gasteiger partial charge in [0, 0.05) is 11.2 Å². The van der Waals surface area contributed by atoms with Gasteiger partial charge in [-0.2, -0.15) is 0 Å². The second-order valence-electron chi connectivity index (χ2n) is 5.99. The molecule has 2 nitrogen and oxygen atoms in total. The number of hydrogen-bond donors (Lipinski definition) is 0. The molecule has 0 aliphatic heterocycles. The van der Waals surface area contributed by atoms with E-state index >= 15 is 0 Å². The molecule has 0 bridgehead atoms. The Morgan fingerprint density at radius 2 is 1.64 bits per heavy atom. The molecular weight excluding hydrogens is 330 g/mol. The van der Waals surface area contributed by atoms with Crippen molar-refractivity contribution < 1.29 is 4.74 Å². The van der Waals surface area contributed by atoms with Crippen LogP contribution in [0.4, 0.5) is 5.69 Å². The molecule has 0 aliphatic carbocycles. The number of benzene rings is 3. The standard InChI is InChI=1S/C22H20ClNO/c1-16-6-8-19(9-7-16)15-25-20-12-10-18(11-13-20)14-24-22-5-3-4-21(23)17(22)2/h3-14H,15H2,1-2H3. The van der Waals surface area contributed by atoms with Crippen LogP contribution in [-0.4, -0.2) is 6.21 Å². The predicted octanol–water partition coefficient (Wildman–Crippen LogP) is 6.29. The van der Waals surface area contributed by atoms with Gasteiger partial charge in [-0.25, -0.2) is 0 Å². The number of halogens is 1. The maximum Gasteiger partial charge on any atom is 0.119 e. The van der Waals surface area contributed by atoms with Gasteiger partial charge >= 0.3 is 0 Å². The first kappa shape index (κ1) is 17.2. The van der Waals surface area contributed by atoms with Gasteiger partial charge in [0.15, 0.2) is 0 Å². The summed E-state index contributed by atoms with van der Waals surface area (Å²) in [5, 5.41) is 0.731. The summed E-state index contributed by atoms with van der Waals surface area (Å²) >= 11 is 6.12. The molecule has 0 aliphatic rings. The first-order chi connectivity index (χ1) is 12.1. The maximum atomic E-state index is 6.12. The quantitative estimate of drug-likeness (QED) is 0.496. The molecule has 0 unspecified atom stereocenters. The van der Waals surface area contributed by atoms with Crippen molar-refractivity contribution in [2.24, 2.45) is 4.99 Å². The van der Waals surface area contributed by atoms with Gasteiger partial charge in [0.1, 0.15) is 12.4 Å². The predicted molar refractivity (Wildman–Crippen MR) is 105 cm³/mol. The number of ether oxygens (including phenoxy) is 1. The summed E-state index contributed by atoms with van der Waals surface area (Å²) in [5.74, 6) is 0.844. The average molecular weight is 350 g/mol. The molecule has 3 aromatic carbocycles. The van der Waals surface area contributed by atoms with E-state index in [0.717, 1.165) is 33.1 Å². The van der Waals surface area contributed by atoms with E-state index < -0.39 is 0 Å². The highest BCUT2D eigenvalue weighted by Crippen LogP contribution is 2.25. The Bertz CT molecular complexity index is 868. The van der Waals surface area contributed by atoms with Crippen LogP contribution in [0.3, 0.4) is 0 Å². The van der Waals surface area contributed by atoms with Crippen molar-refractivity contribution >= 4 is 23.5 Å². The minimum atomic E-state index is 0.565. The van der Waals surface area contributed by atoms with Gasteiger partial charge in [-0.3, -0.25) is 4.99 Å². The van der Waals surface area contributed by atoms with E-state index in [0.29, 0.717) is 6.61 Å². The third kappa shape index (κ3) is 4.71. The SMILES string of the molecule is Cc1ccc(COc2ccc(C=Nc3cccc(Cl)c3C)cc2)cc1. The zero-order chi connectivity index (χ0) is 17.6. The summed E-state index contributed by atoms with van der Waals surface area (Å²) in [4.78, 5) is 4.52. The topological polar surface area (TPSA) is 21.6 Å². The molecule has 0 N–H and O–H groups in total. The summed E-state index contributed by atoms with van der Waals surface area (Å²) in [6, 6.07) is 22.0. The van der Waals surface area contributed by atoms with E-state index in [4.69, 9.17) is 16.3 Å². The first-order valence-electron chi connectivity index (χ1n) is 8.19. The Balaban J connectivity index is 1.63. The first-order valence-corrected chi connectivity index (χ1v) is 8.57. The Morgan fingerprint density at radius 1 is 0.920 bits per heavy atom. The highest BCUT2D eigenvalue weighted by atomic mass is 35.5. The van der Waals surface area contributed by atoms with Crippen molar-refractivity contribution in [2.75, 3.05) is 0 Å². The van der Waals surface area contributed by atoms with Crippen LogP contribution in [0, 0.1) is 13.8 Å². The highest BCUT2D eigenvalue weighted by molar-refractivity contribution is 6.31. The second-order valence-corrected chi connectivity index (χ2v) is 6.39. The molecule has 0 atom stereocenters. The van der Waals surface area contributed by atoms with E-state index in [-0.39, 0.29) is 0 Å². The normalized spacial score (nSPS) is 11.0. The summed E-state index contributed by atoms with van der Waals surface area (Å²) in [7, 11) is 0. The molecule has 0 heterocycles. The lowest BCUT2D eigenvalue weighted by Crippen LogP contribution is -1.95. The fourth-order valence-electron chi connectivity index (χ4n) is 2.38. The largest absolute Gasteiger partial charge is 0.489 e. The number of hydrogen-bond acceptors (Lipinski definition) is 2. The van der Waals surface area contributed by atoms with Crippen LogP contribution < -0.4 is 4.74 Å². The van der Waals surface area contributed by atoms with Gasteiger partial charge in [-0.05, 0) is 66.9 Å². The fourth-order valence-corrected chi connectivity index (χ4v) is 2.55. The van der Waals surface area contributed by atoms with Gasteiger partial charge in [-0.1, -0.05) is 47.5 Å². The molecule has 0 saturated carbocycles. The minimum Gasteiger partial charge on any atom is -0.489 e. The smallest absolute Gasteiger partial charge is 0.119 e. The summed E-state index contributed by atoms with van der Waals surface area (Å²) in [5.41, 5.74) is 5.29.